The van der Waals surface area contributed by atoms with Gasteiger partial charge in [0, 0.05) is 68.2 Å². The Balaban J connectivity index is 1.33. The fourth-order valence-electron chi connectivity index (χ4n) is 4.35. The molecule has 6 heteroatoms. The molecule has 0 N–H and O–H groups in total. The third kappa shape index (κ3) is 4.45. The van der Waals surface area contributed by atoms with Crippen molar-refractivity contribution in [3.63, 3.8) is 0 Å². The lowest BCUT2D eigenvalue weighted by Gasteiger charge is -2.41. The Morgan fingerprint density at radius 3 is 2.38 bits per heavy atom. The van der Waals surface area contributed by atoms with Crippen LogP contribution in [0.2, 0.25) is 0 Å². The number of methoxy groups -OCH3 is 2. The van der Waals surface area contributed by atoms with Gasteiger partial charge in [0.15, 0.2) is 5.79 Å². The van der Waals surface area contributed by atoms with Crippen molar-refractivity contribution in [1.82, 2.24) is 4.90 Å². The molecule has 0 radical (unpaired) electrons. The molecule has 4 nitrogen and oxygen atoms in total. The van der Waals surface area contributed by atoms with Gasteiger partial charge in [0.05, 0.1) is 0 Å². The molecule has 1 saturated heterocycles. The van der Waals surface area contributed by atoms with Crippen molar-refractivity contribution in [3.05, 3.63) is 59.9 Å². The number of piperazine rings is 1. The van der Waals surface area contributed by atoms with Crippen LogP contribution in [0.3, 0.4) is 0 Å². The van der Waals surface area contributed by atoms with Gasteiger partial charge < -0.3 is 14.4 Å². The number of thioether (sulfide) groups is 1. The Morgan fingerprint density at radius 2 is 1.69 bits per heavy atom. The molecule has 2 heterocycles. The lowest BCUT2D eigenvalue weighted by atomic mass is 9.98. The van der Waals surface area contributed by atoms with Crippen LogP contribution in [-0.2, 0) is 15.3 Å². The quantitative estimate of drug-likeness (QED) is 0.652. The molecule has 1 fully saturated rings. The number of fused-ring (bicyclic) bond motifs is 1. The Bertz CT molecular complexity index is 805. The van der Waals surface area contributed by atoms with E-state index in [0.29, 0.717) is 5.25 Å². The summed E-state index contributed by atoms with van der Waals surface area (Å²) in [6.07, 6.45) is 1.96. The molecule has 0 aromatic heterocycles. The molecule has 2 aromatic rings. The summed E-state index contributed by atoms with van der Waals surface area (Å²) < 4.78 is 24.9. The van der Waals surface area contributed by atoms with Gasteiger partial charge in [-0.3, -0.25) is 4.90 Å². The molecule has 2 aliphatic heterocycles. The van der Waals surface area contributed by atoms with Crippen LogP contribution in [-0.4, -0.2) is 57.1 Å². The monoisotopic (exact) mass is 416 g/mol. The van der Waals surface area contributed by atoms with E-state index in [1.807, 2.05) is 30.0 Å². The summed E-state index contributed by atoms with van der Waals surface area (Å²) in [5, 5.41) is 0.458. The van der Waals surface area contributed by atoms with E-state index in [1.165, 1.54) is 17.0 Å². The number of nitrogens with zero attached hydrogens (tertiary/aromatic N) is 2. The highest BCUT2D eigenvalue weighted by Gasteiger charge is 2.41. The Morgan fingerprint density at radius 1 is 1.00 bits per heavy atom. The molecule has 156 valence electrons. The Labute approximate surface area is 177 Å². The highest BCUT2D eigenvalue weighted by Crippen LogP contribution is 2.47. The van der Waals surface area contributed by atoms with E-state index in [1.54, 1.807) is 14.2 Å². The maximum Gasteiger partial charge on any atom is 0.196 e. The van der Waals surface area contributed by atoms with Crippen LogP contribution in [0.4, 0.5) is 10.1 Å². The number of anilines is 1. The second-order valence-corrected chi connectivity index (χ2v) is 9.04. The molecule has 0 bridgehead atoms. The van der Waals surface area contributed by atoms with Gasteiger partial charge in [-0.15, -0.1) is 11.8 Å². The highest BCUT2D eigenvalue weighted by molar-refractivity contribution is 8.00. The molecule has 2 aromatic carbocycles. The van der Waals surface area contributed by atoms with Crippen LogP contribution in [0.5, 0.6) is 0 Å². The minimum absolute atomic E-state index is 0.179. The standard InChI is InChI=1S/C23H29FN2O2S/c1-27-23(28-2)17-20(29-22-6-4-3-5-21(22)23)11-12-25-13-15-26(16-14-25)19-9-7-18(24)8-10-19/h3-10,20H,11-17H2,1-2H3. The third-order valence-electron chi connectivity index (χ3n) is 6.08. The average Bonchev–Trinajstić information content (AvgIpc) is 2.78. The number of hydrogen-bond acceptors (Lipinski definition) is 5. The van der Waals surface area contributed by atoms with Gasteiger partial charge >= 0.3 is 0 Å². The molecule has 4 rings (SSSR count). The third-order valence-corrected chi connectivity index (χ3v) is 7.42. The summed E-state index contributed by atoms with van der Waals surface area (Å²) in [6.45, 7) is 5.09. The van der Waals surface area contributed by atoms with Crippen molar-refractivity contribution in [3.8, 4) is 0 Å². The highest BCUT2D eigenvalue weighted by atomic mass is 32.2. The minimum atomic E-state index is -0.645. The normalized spacial score (nSPS) is 21.8. The number of ether oxygens (including phenoxy) is 2. The topological polar surface area (TPSA) is 24.9 Å². The summed E-state index contributed by atoms with van der Waals surface area (Å²) >= 11 is 1.94. The van der Waals surface area contributed by atoms with Crippen molar-refractivity contribution in [2.24, 2.45) is 0 Å². The van der Waals surface area contributed by atoms with Gasteiger partial charge in [-0.05, 0) is 43.3 Å². The van der Waals surface area contributed by atoms with E-state index < -0.39 is 5.79 Å². The molecule has 0 spiro atoms. The zero-order chi connectivity index (χ0) is 20.3. The van der Waals surface area contributed by atoms with Crippen LogP contribution in [0.1, 0.15) is 18.4 Å². The molecular formula is C23H29FN2O2S. The number of hydrogen-bond donors (Lipinski definition) is 0. The molecule has 29 heavy (non-hydrogen) atoms. The smallest absolute Gasteiger partial charge is 0.196 e. The van der Waals surface area contributed by atoms with E-state index in [-0.39, 0.29) is 5.82 Å². The predicted octanol–water partition coefficient (Wildman–Crippen LogP) is 4.35. The van der Waals surface area contributed by atoms with Crippen LogP contribution < -0.4 is 4.90 Å². The SMILES string of the molecule is COC1(OC)CC(CCN2CCN(c3ccc(F)cc3)CC2)Sc2ccccc21. The number of benzene rings is 2. The Kier molecular flexibility index (Phi) is 6.44. The van der Waals surface area contributed by atoms with Crippen molar-refractivity contribution in [1.29, 1.82) is 0 Å². The first-order valence-electron chi connectivity index (χ1n) is 10.2. The van der Waals surface area contributed by atoms with Crippen molar-refractivity contribution in [2.45, 2.75) is 28.8 Å². The van der Waals surface area contributed by atoms with Crippen molar-refractivity contribution >= 4 is 17.4 Å². The molecule has 1 atom stereocenters. The van der Waals surface area contributed by atoms with Crippen LogP contribution >= 0.6 is 11.8 Å². The molecule has 0 aliphatic carbocycles. The second-order valence-electron chi connectivity index (χ2n) is 7.70. The summed E-state index contributed by atoms with van der Waals surface area (Å²) in [6, 6.07) is 15.2. The lowest BCUT2D eigenvalue weighted by molar-refractivity contribution is -0.222. The second kappa shape index (κ2) is 9.04. The predicted molar refractivity (Wildman–Crippen MR) is 116 cm³/mol. The zero-order valence-electron chi connectivity index (χ0n) is 17.1. The van der Waals surface area contributed by atoms with Gasteiger partial charge in [0.2, 0.25) is 0 Å². The van der Waals surface area contributed by atoms with Crippen LogP contribution in [0.15, 0.2) is 53.4 Å². The van der Waals surface area contributed by atoms with Crippen molar-refractivity contribution < 1.29 is 13.9 Å². The van der Waals surface area contributed by atoms with E-state index in [2.05, 4.69) is 28.0 Å². The first-order chi connectivity index (χ1) is 14.1. The van der Waals surface area contributed by atoms with E-state index in [4.69, 9.17) is 9.47 Å². The summed E-state index contributed by atoms with van der Waals surface area (Å²) in [5.41, 5.74) is 2.25. The van der Waals surface area contributed by atoms with Gasteiger partial charge in [-0.1, -0.05) is 18.2 Å². The van der Waals surface area contributed by atoms with Crippen LogP contribution in [0.25, 0.3) is 0 Å². The van der Waals surface area contributed by atoms with Crippen LogP contribution in [0, 0.1) is 5.82 Å². The van der Waals surface area contributed by atoms with Gasteiger partial charge in [-0.2, -0.15) is 0 Å². The maximum atomic E-state index is 13.1. The first kappa shape index (κ1) is 20.7. The lowest BCUT2D eigenvalue weighted by Crippen LogP contribution is -2.47. The summed E-state index contributed by atoms with van der Waals surface area (Å²) in [5.74, 6) is -0.824. The molecule has 2 aliphatic rings. The maximum absolute atomic E-state index is 13.1. The van der Waals surface area contributed by atoms with Gasteiger partial charge in [-0.25, -0.2) is 4.39 Å². The van der Waals surface area contributed by atoms with Gasteiger partial charge in [0.25, 0.3) is 0 Å². The van der Waals surface area contributed by atoms with E-state index >= 15 is 0 Å². The molecule has 0 saturated carbocycles. The van der Waals surface area contributed by atoms with E-state index in [9.17, 15) is 4.39 Å². The molecule has 0 amide bonds. The average molecular weight is 417 g/mol. The zero-order valence-corrected chi connectivity index (χ0v) is 18.0. The molecular weight excluding hydrogens is 387 g/mol. The van der Waals surface area contributed by atoms with Gasteiger partial charge in [0.1, 0.15) is 5.82 Å². The number of rotatable bonds is 6. The number of halogens is 1. The first-order valence-corrected chi connectivity index (χ1v) is 11.1. The fourth-order valence-corrected chi connectivity index (χ4v) is 5.75. The summed E-state index contributed by atoms with van der Waals surface area (Å²) in [7, 11) is 3.48. The van der Waals surface area contributed by atoms with Crippen molar-refractivity contribution in [2.75, 3.05) is 51.8 Å². The fraction of sp³-hybridized carbons (Fsp3) is 0.478. The molecule has 1 unspecified atom stereocenters. The van der Waals surface area contributed by atoms with E-state index in [0.717, 1.165) is 56.8 Å². The largest absolute Gasteiger partial charge is 0.369 e. The minimum Gasteiger partial charge on any atom is -0.369 e. The Hall–Kier alpha value is -1.60. The summed E-state index contributed by atoms with van der Waals surface area (Å²) in [4.78, 5) is 6.12.